The summed E-state index contributed by atoms with van der Waals surface area (Å²) in [5.41, 5.74) is 0.836. The minimum atomic E-state index is -0.403. The van der Waals surface area contributed by atoms with Crippen LogP contribution in [0.15, 0.2) is 33.1 Å². The Morgan fingerprint density at radius 1 is 1.10 bits per heavy atom. The highest BCUT2D eigenvalue weighted by molar-refractivity contribution is 8.01. The van der Waals surface area contributed by atoms with E-state index in [4.69, 9.17) is 14.0 Å². The third-order valence-electron chi connectivity index (χ3n) is 4.52. The zero-order chi connectivity index (χ0) is 21.2. The van der Waals surface area contributed by atoms with Crippen LogP contribution in [0.1, 0.15) is 35.0 Å². The van der Waals surface area contributed by atoms with Crippen molar-refractivity contribution < 1.29 is 23.6 Å². The monoisotopic (exact) mass is 459 g/mol. The average molecular weight is 460 g/mol. The summed E-state index contributed by atoms with van der Waals surface area (Å²) in [6, 6.07) is 6.91. The summed E-state index contributed by atoms with van der Waals surface area (Å²) in [4.78, 5) is 24.5. The van der Waals surface area contributed by atoms with Crippen LogP contribution in [0.5, 0.6) is 11.5 Å². The van der Waals surface area contributed by atoms with Crippen LogP contribution >= 0.6 is 23.1 Å². The topological polar surface area (TPSA) is 128 Å². The van der Waals surface area contributed by atoms with Crippen molar-refractivity contribution in [1.82, 2.24) is 15.4 Å². The van der Waals surface area contributed by atoms with E-state index in [0.717, 1.165) is 18.6 Å². The van der Waals surface area contributed by atoms with Gasteiger partial charge in [-0.1, -0.05) is 28.3 Å². The van der Waals surface area contributed by atoms with E-state index in [-0.39, 0.29) is 17.4 Å². The number of fused-ring (bicyclic) bond motifs is 1. The Morgan fingerprint density at radius 3 is 2.77 bits per heavy atom. The molecule has 31 heavy (non-hydrogen) atoms. The van der Waals surface area contributed by atoms with Gasteiger partial charge in [-0.05, 0) is 25.0 Å². The smallest absolute Gasteiger partial charge is 0.279 e. The van der Waals surface area contributed by atoms with Gasteiger partial charge in [-0.15, -0.1) is 10.2 Å². The molecule has 0 radical (unpaired) electrons. The minimum Gasteiger partial charge on any atom is -0.486 e. The lowest BCUT2D eigenvalue weighted by molar-refractivity contribution is -0.113. The Balaban J connectivity index is 1.12. The molecule has 2 N–H and O–H groups in total. The van der Waals surface area contributed by atoms with Crippen molar-refractivity contribution in [2.24, 2.45) is 0 Å². The number of anilines is 2. The molecule has 0 unspecified atom stereocenters. The number of rotatable bonds is 7. The molecule has 10 nitrogen and oxygen atoms in total. The van der Waals surface area contributed by atoms with E-state index < -0.39 is 5.91 Å². The SMILES string of the molecule is O=C(CSc1nnc(NC(=O)c2cc(C3CC3)on2)s1)Nc1ccc2c(c1)OCCO2. The van der Waals surface area contributed by atoms with Crippen molar-refractivity contribution in [2.75, 3.05) is 29.6 Å². The van der Waals surface area contributed by atoms with Crippen LogP contribution in [-0.4, -0.2) is 46.1 Å². The lowest BCUT2D eigenvalue weighted by Gasteiger charge is -2.18. The van der Waals surface area contributed by atoms with Crippen LogP contribution in [0.3, 0.4) is 0 Å². The Kier molecular flexibility index (Phi) is 5.47. The molecule has 160 valence electrons. The molecule has 0 atom stereocenters. The number of carbonyl (C=O) groups is 2. The van der Waals surface area contributed by atoms with Gasteiger partial charge >= 0.3 is 0 Å². The fourth-order valence-corrected chi connectivity index (χ4v) is 4.43. The first-order chi connectivity index (χ1) is 15.1. The third kappa shape index (κ3) is 4.80. The summed E-state index contributed by atoms with van der Waals surface area (Å²) >= 11 is 2.41. The highest BCUT2D eigenvalue weighted by Gasteiger charge is 2.29. The van der Waals surface area contributed by atoms with Crippen molar-refractivity contribution >= 4 is 45.7 Å². The van der Waals surface area contributed by atoms with Crippen molar-refractivity contribution in [3.63, 3.8) is 0 Å². The molecule has 1 aliphatic heterocycles. The molecule has 0 spiro atoms. The zero-order valence-corrected chi connectivity index (χ0v) is 17.8. The zero-order valence-electron chi connectivity index (χ0n) is 16.1. The van der Waals surface area contributed by atoms with Gasteiger partial charge < -0.3 is 19.3 Å². The van der Waals surface area contributed by atoms with Crippen LogP contribution in [0.4, 0.5) is 10.8 Å². The average Bonchev–Trinajstić information content (AvgIpc) is 3.33. The van der Waals surface area contributed by atoms with Gasteiger partial charge in [-0.2, -0.15) is 0 Å². The van der Waals surface area contributed by atoms with E-state index in [1.807, 2.05) is 0 Å². The highest BCUT2D eigenvalue weighted by atomic mass is 32.2. The van der Waals surface area contributed by atoms with Crippen LogP contribution in [-0.2, 0) is 4.79 Å². The molecule has 2 amide bonds. The van der Waals surface area contributed by atoms with Crippen LogP contribution in [0, 0.1) is 0 Å². The van der Waals surface area contributed by atoms with E-state index in [2.05, 4.69) is 26.0 Å². The van der Waals surface area contributed by atoms with Gasteiger partial charge in [0.1, 0.15) is 19.0 Å². The van der Waals surface area contributed by atoms with Gasteiger partial charge in [0.05, 0.1) is 5.75 Å². The number of aromatic nitrogens is 3. The number of hydrogen-bond acceptors (Lipinski definition) is 10. The molecule has 0 saturated heterocycles. The molecule has 0 bridgehead atoms. The maximum Gasteiger partial charge on any atom is 0.279 e. The lowest BCUT2D eigenvalue weighted by atomic mass is 10.2. The molecular weight excluding hydrogens is 442 g/mol. The molecule has 1 fully saturated rings. The van der Waals surface area contributed by atoms with Crippen molar-refractivity contribution in [2.45, 2.75) is 23.1 Å². The molecule has 2 aliphatic rings. The fourth-order valence-electron chi connectivity index (χ4n) is 2.88. The van der Waals surface area contributed by atoms with Crippen LogP contribution in [0.25, 0.3) is 0 Å². The number of nitrogens with one attached hydrogen (secondary N) is 2. The van der Waals surface area contributed by atoms with E-state index in [9.17, 15) is 9.59 Å². The van der Waals surface area contributed by atoms with Crippen molar-refractivity contribution in [1.29, 1.82) is 0 Å². The molecule has 1 saturated carbocycles. The number of amides is 2. The second-order valence-electron chi connectivity index (χ2n) is 6.91. The van der Waals surface area contributed by atoms with Gasteiger partial charge in [0.25, 0.3) is 5.91 Å². The quantitative estimate of drug-likeness (QED) is 0.404. The van der Waals surface area contributed by atoms with Crippen molar-refractivity contribution in [3.8, 4) is 11.5 Å². The predicted molar refractivity (Wildman–Crippen MR) is 113 cm³/mol. The second kappa shape index (κ2) is 8.55. The standard InChI is InChI=1S/C19H17N5O5S2/c25-16(20-11-3-4-13-15(7-11)28-6-5-27-13)9-30-19-23-22-18(31-19)21-17(26)12-8-14(29-24-12)10-1-2-10/h3-4,7-8,10H,1-2,5-6,9H2,(H,20,25)(H,21,22,26). The number of hydrogen-bond donors (Lipinski definition) is 2. The van der Waals surface area contributed by atoms with Gasteiger partial charge in [0, 0.05) is 23.7 Å². The molecule has 1 aromatic carbocycles. The molecule has 1 aliphatic carbocycles. The van der Waals surface area contributed by atoms with E-state index in [1.54, 1.807) is 24.3 Å². The largest absolute Gasteiger partial charge is 0.486 e. The normalized spacial score (nSPS) is 14.8. The molecular formula is C19H17N5O5S2. The first kappa shape index (κ1) is 19.8. The number of nitrogens with zero attached hydrogens (tertiary/aromatic N) is 3. The summed E-state index contributed by atoms with van der Waals surface area (Å²) < 4.78 is 16.7. The summed E-state index contributed by atoms with van der Waals surface area (Å²) in [5, 5.41) is 17.5. The first-order valence-electron chi connectivity index (χ1n) is 9.58. The minimum absolute atomic E-state index is 0.144. The van der Waals surface area contributed by atoms with Gasteiger partial charge in [0.2, 0.25) is 11.0 Å². The predicted octanol–water partition coefficient (Wildman–Crippen LogP) is 3.16. The van der Waals surface area contributed by atoms with E-state index >= 15 is 0 Å². The summed E-state index contributed by atoms with van der Waals surface area (Å²) in [6.07, 6.45) is 2.13. The second-order valence-corrected chi connectivity index (χ2v) is 9.11. The number of carbonyl (C=O) groups excluding carboxylic acids is 2. The van der Waals surface area contributed by atoms with Gasteiger partial charge in [0.15, 0.2) is 21.5 Å². The number of ether oxygens (including phenoxy) is 2. The summed E-state index contributed by atoms with van der Waals surface area (Å²) in [6.45, 7) is 0.994. The molecule has 3 heterocycles. The fraction of sp³-hybridized carbons (Fsp3) is 0.316. The maximum absolute atomic E-state index is 12.3. The third-order valence-corrected chi connectivity index (χ3v) is 6.49. The molecule has 5 rings (SSSR count). The van der Waals surface area contributed by atoms with Gasteiger partial charge in [-0.3, -0.25) is 14.9 Å². The van der Waals surface area contributed by atoms with Crippen LogP contribution in [0.2, 0.25) is 0 Å². The molecule has 12 heteroatoms. The van der Waals surface area contributed by atoms with E-state index in [1.165, 1.54) is 23.1 Å². The summed E-state index contributed by atoms with van der Waals surface area (Å²) in [7, 11) is 0. The number of thioether (sulfide) groups is 1. The summed E-state index contributed by atoms with van der Waals surface area (Å²) in [5.74, 6) is 1.94. The van der Waals surface area contributed by atoms with Crippen molar-refractivity contribution in [3.05, 3.63) is 35.7 Å². The van der Waals surface area contributed by atoms with E-state index in [0.29, 0.717) is 45.8 Å². The highest BCUT2D eigenvalue weighted by Crippen LogP contribution is 2.40. The Bertz CT molecular complexity index is 1130. The maximum atomic E-state index is 12.3. The van der Waals surface area contributed by atoms with Gasteiger partial charge in [-0.25, -0.2) is 0 Å². The first-order valence-corrected chi connectivity index (χ1v) is 11.4. The Morgan fingerprint density at radius 2 is 1.94 bits per heavy atom. The lowest BCUT2D eigenvalue weighted by Crippen LogP contribution is -2.17. The Hall–Kier alpha value is -3.12. The Labute approximate surface area is 184 Å². The molecule has 2 aromatic heterocycles. The van der Waals surface area contributed by atoms with Crippen LogP contribution < -0.4 is 20.1 Å². The number of benzene rings is 1. The molecule has 3 aromatic rings.